The Labute approximate surface area is 191 Å². The zero-order valence-electron chi connectivity index (χ0n) is 19.4. The fraction of sp³-hybridized carbons (Fsp3) is 0.464. The molecule has 32 heavy (non-hydrogen) atoms. The van der Waals surface area contributed by atoms with Gasteiger partial charge in [-0.3, -0.25) is 9.69 Å². The predicted octanol–water partition coefficient (Wildman–Crippen LogP) is 5.52. The minimum atomic E-state index is 0.106. The Morgan fingerprint density at radius 1 is 1.03 bits per heavy atom. The summed E-state index contributed by atoms with van der Waals surface area (Å²) in [4.78, 5) is 21.1. The van der Waals surface area contributed by atoms with Gasteiger partial charge in [0.05, 0.1) is 0 Å². The number of likely N-dealkylation sites (tertiary alicyclic amines) is 1. The van der Waals surface area contributed by atoms with E-state index in [2.05, 4.69) is 89.7 Å². The molecular weight excluding hydrogens is 394 g/mol. The van der Waals surface area contributed by atoms with Gasteiger partial charge in [-0.05, 0) is 69.3 Å². The van der Waals surface area contributed by atoms with Crippen molar-refractivity contribution in [3.63, 3.8) is 0 Å². The third-order valence-electron chi connectivity index (χ3n) is 8.16. The van der Waals surface area contributed by atoms with E-state index in [0.29, 0.717) is 24.2 Å². The van der Waals surface area contributed by atoms with Crippen molar-refractivity contribution >= 4 is 16.8 Å². The van der Waals surface area contributed by atoms with Crippen molar-refractivity contribution in [3.8, 4) is 0 Å². The third-order valence-corrected chi connectivity index (χ3v) is 8.16. The van der Waals surface area contributed by atoms with E-state index in [4.69, 9.17) is 0 Å². The van der Waals surface area contributed by atoms with Gasteiger partial charge in [0.2, 0.25) is 5.91 Å². The number of hydrogen-bond donors (Lipinski definition) is 1. The molecule has 0 bridgehead atoms. The van der Waals surface area contributed by atoms with Gasteiger partial charge >= 0.3 is 0 Å². The van der Waals surface area contributed by atoms with Crippen LogP contribution in [0, 0.1) is 5.92 Å². The van der Waals surface area contributed by atoms with Gasteiger partial charge in [0.1, 0.15) is 0 Å². The molecule has 1 N–H and O–H groups in total. The first-order chi connectivity index (χ1) is 15.6. The van der Waals surface area contributed by atoms with Crippen LogP contribution < -0.4 is 0 Å². The van der Waals surface area contributed by atoms with Crippen molar-refractivity contribution in [2.75, 3.05) is 27.2 Å². The molecule has 2 aromatic carbocycles. The van der Waals surface area contributed by atoms with Gasteiger partial charge in [0.25, 0.3) is 0 Å². The van der Waals surface area contributed by atoms with Crippen LogP contribution in [0.3, 0.4) is 0 Å². The third kappa shape index (κ3) is 3.86. The van der Waals surface area contributed by atoms with E-state index in [1.807, 2.05) is 0 Å². The summed E-state index contributed by atoms with van der Waals surface area (Å²) < 4.78 is 0. The first kappa shape index (κ1) is 21.3. The van der Waals surface area contributed by atoms with Gasteiger partial charge < -0.3 is 9.88 Å². The highest BCUT2D eigenvalue weighted by molar-refractivity contribution is 5.84. The lowest BCUT2D eigenvalue weighted by atomic mass is 9.71. The molecule has 4 nitrogen and oxygen atoms in total. The average molecular weight is 430 g/mol. The highest BCUT2D eigenvalue weighted by atomic mass is 16.2. The predicted molar refractivity (Wildman–Crippen MR) is 131 cm³/mol. The van der Waals surface area contributed by atoms with Crippen LogP contribution in [0.2, 0.25) is 0 Å². The molecule has 168 valence electrons. The summed E-state index contributed by atoms with van der Waals surface area (Å²) in [7, 11) is 4.40. The van der Waals surface area contributed by atoms with E-state index in [1.165, 1.54) is 22.0 Å². The van der Waals surface area contributed by atoms with Gasteiger partial charge in [-0.25, -0.2) is 0 Å². The van der Waals surface area contributed by atoms with Crippen molar-refractivity contribution in [1.82, 2.24) is 14.8 Å². The number of carbonyl (C=O) groups excluding carboxylic acids is 1. The fourth-order valence-electron chi connectivity index (χ4n) is 6.15. The van der Waals surface area contributed by atoms with Crippen LogP contribution in [0.1, 0.15) is 55.6 Å². The number of benzene rings is 2. The van der Waals surface area contributed by atoms with Crippen LogP contribution in [0.4, 0.5) is 0 Å². The summed E-state index contributed by atoms with van der Waals surface area (Å²) in [5.74, 6) is 1.31. The van der Waals surface area contributed by atoms with Crippen molar-refractivity contribution in [3.05, 3.63) is 71.9 Å². The Balaban J connectivity index is 1.19. The summed E-state index contributed by atoms with van der Waals surface area (Å²) in [6, 6.07) is 19.4. The van der Waals surface area contributed by atoms with Crippen molar-refractivity contribution in [2.45, 2.75) is 50.0 Å². The zero-order valence-corrected chi connectivity index (χ0v) is 19.4. The molecule has 1 aliphatic heterocycles. The number of rotatable bonds is 5. The maximum Gasteiger partial charge on any atom is 0.222 e. The van der Waals surface area contributed by atoms with E-state index >= 15 is 0 Å². The first-order valence-corrected chi connectivity index (χ1v) is 12.1. The van der Waals surface area contributed by atoms with Crippen LogP contribution in [0.25, 0.3) is 10.9 Å². The molecule has 0 radical (unpaired) electrons. The molecule has 5 rings (SSSR count). The second-order valence-corrected chi connectivity index (χ2v) is 10.1. The molecule has 1 saturated heterocycles. The van der Waals surface area contributed by atoms with Crippen LogP contribution >= 0.6 is 0 Å². The van der Waals surface area contributed by atoms with Crippen molar-refractivity contribution in [2.24, 2.45) is 5.92 Å². The minimum Gasteiger partial charge on any atom is -0.361 e. The first-order valence-electron chi connectivity index (χ1n) is 12.1. The average Bonchev–Trinajstić information content (AvgIpc) is 3.47. The Kier molecular flexibility index (Phi) is 5.81. The molecule has 1 atom stereocenters. The number of amides is 1. The van der Waals surface area contributed by atoms with Crippen molar-refractivity contribution < 1.29 is 4.79 Å². The van der Waals surface area contributed by atoms with Crippen LogP contribution in [-0.2, 0) is 10.3 Å². The Bertz CT molecular complexity index is 1060. The van der Waals surface area contributed by atoms with Gasteiger partial charge in [0, 0.05) is 48.1 Å². The van der Waals surface area contributed by atoms with E-state index in [-0.39, 0.29) is 5.54 Å². The van der Waals surface area contributed by atoms with Gasteiger partial charge in [-0.15, -0.1) is 0 Å². The number of hydrogen-bond acceptors (Lipinski definition) is 2. The van der Waals surface area contributed by atoms with E-state index < -0.39 is 0 Å². The molecule has 1 saturated carbocycles. The number of carbonyl (C=O) groups is 1. The second kappa shape index (κ2) is 8.74. The number of aromatic nitrogens is 1. The summed E-state index contributed by atoms with van der Waals surface area (Å²) in [5.41, 5.74) is 4.08. The zero-order chi connectivity index (χ0) is 22.1. The van der Waals surface area contributed by atoms with Gasteiger partial charge in [-0.1, -0.05) is 48.5 Å². The Morgan fingerprint density at radius 3 is 2.50 bits per heavy atom. The van der Waals surface area contributed by atoms with E-state index in [1.54, 1.807) is 0 Å². The normalized spacial score (nSPS) is 26.2. The maximum atomic E-state index is 13.2. The highest BCUT2D eigenvalue weighted by Crippen LogP contribution is 2.44. The summed E-state index contributed by atoms with van der Waals surface area (Å²) in [5, 5.41) is 1.31. The number of fused-ring (bicyclic) bond motifs is 1. The van der Waals surface area contributed by atoms with Crippen LogP contribution in [0.5, 0.6) is 0 Å². The molecule has 0 spiro atoms. The second-order valence-electron chi connectivity index (χ2n) is 10.1. The SMILES string of the molecule is CN(C)C1(c2ccccc2)CCC(CC(=O)N2CCC(c3c[nH]c4ccccc34)C2)CC1. The number of nitrogens with zero attached hydrogens (tertiary/aromatic N) is 2. The van der Waals surface area contributed by atoms with Gasteiger partial charge in [-0.2, -0.15) is 0 Å². The lowest BCUT2D eigenvalue weighted by Gasteiger charge is -2.45. The van der Waals surface area contributed by atoms with Gasteiger partial charge in [0.15, 0.2) is 0 Å². The molecule has 1 aromatic heterocycles. The largest absolute Gasteiger partial charge is 0.361 e. The smallest absolute Gasteiger partial charge is 0.222 e. The van der Waals surface area contributed by atoms with Crippen LogP contribution in [0.15, 0.2) is 60.8 Å². The molecule has 2 fully saturated rings. The molecule has 3 aromatic rings. The molecule has 4 heteroatoms. The minimum absolute atomic E-state index is 0.106. The highest BCUT2D eigenvalue weighted by Gasteiger charge is 2.39. The lowest BCUT2D eigenvalue weighted by Crippen LogP contribution is -2.44. The Hall–Kier alpha value is -2.59. The van der Waals surface area contributed by atoms with Crippen molar-refractivity contribution in [1.29, 1.82) is 0 Å². The molecule has 1 unspecified atom stereocenters. The standard InChI is InChI=1S/C28H35N3O/c1-30(2)28(23-8-4-3-5-9-23)15-12-21(13-16-28)18-27(32)31-17-14-22(20-31)25-19-29-26-11-7-6-10-24(25)26/h3-11,19,21-22,29H,12-18,20H2,1-2H3. The molecule has 1 aliphatic carbocycles. The van der Waals surface area contributed by atoms with E-state index in [9.17, 15) is 4.79 Å². The number of nitrogens with one attached hydrogen (secondary N) is 1. The number of H-pyrrole nitrogens is 1. The topological polar surface area (TPSA) is 39.3 Å². The summed E-state index contributed by atoms with van der Waals surface area (Å²) >= 11 is 0. The monoisotopic (exact) mass is 429 g/mol. The molecule has 1 amide bonds. The fourth-order valence-corrected chi connectivity index (χ4v) is 6.15. The summed E-state index contributed by atoms with van der Waals surface area (Å²) in [6.45, 7) is 1.75. The molecule has 2 heterocycles. The summed E-state index contributed by atoms with van der Waals surface area (Å²) in [6.07, 6.45) is 8.42. The number of para-hydroxylation sites is 1. The molecular formula is C28H35N3O. The number of aromatic amines is 1. The van der Waals surface area contributed by atoms with Crippen LogP contribution in [-0.4, -0.2) is 47.9 Å². The maximum absolute atomic E-state index is 13.2. The lowest BCUT2D eigenvalue weighted by molar-refractivity contribution is -0.131. The van der Waals surface area contributed by atoms with E-state index in [0.717, 1.165) is 45.2 Å². The Morgan fingerprint density at radius 2 is 1.75 bits per heavy atom. The molecule has 2 aliphatic rings. The quantitative estimate of drug-likeness (QED) is 0.580.